The summed E-state index contributed by atoms with van der Waals surface area (Å²) in [6.07, 6.45) is 0.444. The van der Waals surface area contributed by atoms with Gasteiger partial charge in [-0.05, 0) is 43.2 Å². The molecule has 1 aliphatic heterocycles. The minimum Gasteiger partial charge on any atom is -0.504 e. The van der Waals surface area contributed by atoms with Gasteiger partial charge in [0.2, 0.25) is 5.91 Å². The van der Waals surface area contributed by atoms with Crippen molar-refractivity contribution in [3.05, 3.63) is 53.6 Å². The zero-order valence-electron chi connectivity index (χ0n) is 17.3. The number of hydrogen-bond acceptors (Lipinski definition) is 4. The number of anilines is 1. The highest BCUT2D eigenvalue weighted by Gasteiger charge is 2.24. The van der Waals surface area contributed by atoms with Gasteiger partial charge in [0, 0.05) is 31.1 Å². The molecule has 1 heterocycles. The van der Waals surface area contributed by atoms with Crippen LogP contribution in [0.15, 0.2) is 47.5 Å². The molecule has 0 radical (unpaired) electrons. The second-order valence-corrected chi connectivity index (χ2v) is 6.85. The van der Waals surface area contributed by atoms with Crippen LogP contribution in [0.4, 0.5) is 5.69 Å². The number of halogens is 1. The molecule has 0 saturated carbocycles. The van der Waals surface area contributed by atoms with Crippen molar-refractivity contribution in [3.63, 3.8) is 0 Å². The Morgan fingerprint density at radius 3 is 2.80 bits per heavy atom. The summed E-state index contributed by atoms with van der Waals surface area (Å²) < 4.78 is 5.43. The number of aromatic hydroxyl groups is 1. The van der Waals surface area contributed by atoms with Gasteiger partial charge in [-0.3, -0.25) is 4.79 Å². The molecule has 30 heavy (non-hydrogen) atoms. The molecule has 4 N–H and O–H groups in total. The SMILES string of the molecule is CCNC(=NCc1ccc(O)c(OCC)c1)NCC1CC(=O)Nc2ccccc21.I. The Kier molecular flexibility index (Phi) is 9.22. The van der Waals surface area contributed by atoms with E-state index in [2.05, 4.69) is 27.0 Å². The van der Waals surface area contributed by atoms with Crippen LogP contribution in [0.1, 0.15) is 37.3 Å². The van der Waals surface area contributed by atoms with Crippen LogP contribution < -0.4 is 20.7 Å². The zero-order valence-corrected chi connectivity index (χ0v) is 19.6. The van der Waals surface area contributed by atoms with E-state index >= 15 is 0 Å². The van der Waals surface area contributed by atoms with Crippen LogP contribution in [0.5, 0.6) is 11.5 Å². The number of hydrogen-bond donors (Lipinski definition) is 4. The Labute approximate surface area is 194 Å². The molecule has 1 atom stereocenters. The molecule has 1 aliphatic rings. The molecule has 2 aromatic carbocycles. The second kappa shape index (κ2) is 11.6. The first-order valence-corrected chi connectivity index (χ1v) is 9.96. The number of amides is 1. The van der Waals surface area contributed by atoms with Crippen LogP contribution in [0.3, 0.4) is 0 Å². The number of benzene rings is 2. The van der Waals surface area contributed by atoms with E-state index in [0.29, 0.717) is 37.8 Å². The number of nitrogens with zero attached hydrogens (tertiary/aromatic N) is 1. The van der Waals surface area contributed by atoms with E-state index in [9.17, 15) is 9.90 Å². The number of para-hydroxylation sites is 1. The minimum absolute atomic E-state index is 0. The lowest BCUT2D eigenvalue weighted by atomic mass is 9.90. The monoisotopic (exact) mass is 524 g/mol. The molecule has 162 valence electrons. The van der Waals surface area contributed by atoms with E-state index in [-0.39, 0.29) is 41.6 Å². The number of aliphatic imine (C=N–C) groups is 1. The van der Waals surface area contributed by atoms with E-state index in [1.54, 1.807) is 12.1 Å². The Hall–Kier alpha value is -2.49. The highest BCUT2D eigenvalue weighted by molar-refractivity contribution is 14.0. The van der Waals surface area contributed by atoms with Gasteiger partial charge in [0.1, 0.15) is 0 Å². The molecule has 0 aliphatic carbocycles. The maximum absolute atomic E-state index is 12.0. The minimum atomic E-state index is 0. The highest BCUT2D eigenvalue weighted by Crippen LogP contribution is 2.31. The van der Waals surface area contributed by atoms with Gasteiger partial charge in [-0.2, -0.15) is 0 Å². The molecule has 2 aromatic rings. The van der Waals surface area contributed by atoms with E-state index in [1.807, 2.05) is 38.1 Å². The van der Waals surface area contributed by atoms with Crippen LogP contribution in [-0.4, -0.2) is 36.7 Å². The van der Waals surface area contributed by atoms with Crippen LogP contribution in [0, 0.1) is 0 Å². The smallest absolute Gasteiger partial charge is 0.225 e. The van der Waals surface area contributed by atoms with Gasteiger partial charge in [-0.25, -0.2) is 4.99 Å². The number of guanidine groups is 1. The van der Waals surface area contributed by atoms with Gasteiger partial charge in [-0.1, -0.05) is 24.3 Å². The highest BCUT2D eigenvalue weighted by atomic mass is 127. The maximum atomic E-state index is 12.0. The number of carbonyl (C=O) groups is 1. The fraction of sp³-hybridized carbons (Fsp3) is 0.364. The molecule has 0 fully saturated rings. The number of phenolic OH excluding ortho intramolecular Hbond substituents is 1. The summed E-state index contributed by atoms with van der Waals surface area (Å²) >= 11 is 0. The second-order valence-electron chi connectivity index (χ2n) is 6.85. The first kappa shape index (κ1) is 23.8. The van der Waals surface area contributed by atoms with Crippen molar-refractivity contribution in [1.82, 2.24) is 10.6 Å². The van der Waals surface area contributed by atoms with Gasteiger partial charge in [0.05, 0.1) is 13.2 Å². The van der Waals surface area contributed by atoms with E-state index in [0.717, 1.165) is 23.4 Å². The summed E-state index contributed by atoms with van der Waals surface area (Å²) in [5.74, 6) is 1.39. The number of nitrogens with one attached hydrogen (secondary N) is 3. The summed E-state index contributed by atoms with van der Waals surface area (Å²) in [7, 11) is 0. The van der Waals surface area contributed by atoms with Gasteiger partial charge in [0.25, 0.3) is 0 Å². The Bertz CT molecular complexity index is 888. The van der Waals surface area contributed by atoms with Crippen LogP contribution in [-0.2, 0) is 11.3 Å². The fourth-order valence-electron chi connectivity index (χ4n) is 3.34. The normalized spacial score (nSPS) is 15.5. The quantitative estimate of drug-likeness (QED) is 0.252. The number of phenols is 1. The predicted molar refractivity (Wildman–Crippen MR) is 130 cm³/mol. The largest absolute Gasteiger partial charge is 0.504 e. The van der Waals surface area contributed by atoms with Crippen LogP contribution in [0.2, 0.25) is 0 Å². The lowest BCUT2D eigenvalue weighted by molar-refractivity contribution is -0.116. The zero-order chi connectivity index (χ0) is 20.6. The molecule has 3 rings (SSSR count). The van der Waals surface area contributed by atoms with Crippen LogP contribution >= 0.6 is 24.0 Å². The van der Waals surface area contributed by atoms with E-state index < -0.39 is 0 Å². The third-order valence-electron chi connectivity index (χ3n) is 4.71. The maximum Gasteiger partial charge on any atom is 0.225 e. The Morgan fingerprint density at radius 1 is 1.23 bits per heavy atom. The fourth-order valence-corrected chi connectivity index (χ4v) is 3.34. The number of rotatable bonds is 7. The Balaban J connectivity index is 0.00000320. The lowest BCUT2D eigenvalue weighted by Crippen LogP contribution is -2.40. The molecule has 0 aromatic heterocycles. The van der Waals surface area contributed by atoms with Crippen LogP contribution in [0.25, 0.3) is 0 Å². The molecular weight excluding hydrogens is 495 g/mol. The molecule has 1 amide bonds. The summed E-state index contributed by atoms with van der Waals surface area (Å²) in [4.78, 5) is 16.6. The van der Waals surface area contributed by atoms with Crippen molar-refractivity contribution in [1.29, 1.82) is 0 Å². The first-order valence-electron chi connectivity index (χ1n) is 9.96. The van der Waals surface area contributed by atoms with Gasteiger partial charge >= 0.3 is 0 Å². The van der Waals surface area contributed by atoms with Crippen molar-refractivity contribution in [2.45, 2.75) is 32.7 Å². The lowest BCUT2D eigenvalue weighted by Gasteiger charge is -2.26. The Morgan fingerprint density at radius 2 is 2.03 bits per heavy atom. The standard InChI is InChI=1S/C22H28N4O3.HI/c1-3-23-22(24-13-15-9-10-19(27)20(11-15)29-4-2)25-14-16-12-21(28)26-18-8-6-5-7-17(16)18;/h5-11,16,27H,3-4,12-14H2,1-2H3,(H,26,28)(H2,23,24,25);1H. The summed E-state index contributed by atoms with van der Waals surface area (Å²) in [6, 6.07) is 13.1. The summed E-state index contributed by atoms with van der Waals surface area (Å²) in [6.45, 7) is 6.15. The van der Waals surface area contributed by atoms with Gasteiger partial charge in [0.15, 0.2) is 17.5 Å². The molecule has 0 bridgehead atoms. The number of carbonyl (C=O) groups excluding carboxylic acids is 1. The van der Waals surface area contributed by atoms with E-state index in [4.69, 9.17) is 4.74 Å². The molecule has 0 saturated heterocycles. The molecule has 1 unspecified atom stereocenters. The molecule has 0 spiro atoms. The first-order chi connectivity index (χ1) is 14.1. The molecule has 7 nitrogen and oxygen atoms in total. The van der Waals surface area contributed by atoms with E-state index in [1.165, 1.54) is 0 Å². The third kappa shape index (κ3) is 6.25. The number of ether oxygens (including phenoxy) is 1. The van der Waals surface area contributed by atoms with Crippen molar-refractivity contribution in [3.8, 4) is 11.5 Å². The van der Waals surface area contributed by atoms with Crippen molar-refractivity contribution >= 4 is 41.5 Å². The van der Waals surface area contributed by atoms with Crippen molar-refractivity contribution in [2.75, 3.05) is 25.0 Å². The van der Waals surface area contributed by atoms with Gasteiger partial charge < -0.3 is 25.8 Å². The number of fused-ring (bicyclic) bond motifs is 1. The van der Waals surface area contributed by atoms with Crippen molar-refractivity contribution in [2.24, 2.45) is 4.99 Å². The van der Waals surface area contributed by atoms with Crippen molar-refractivity contribution < 1.29 is 14.6 Å². The van der Waals surface area contributed by atoms with Gasteiger partial charge in [-0.15, -0.1) is 24.0 Å². The summed E-state index contributed by atoms with van der Waals surface area (Å²) in [5, 5.41) is 19.4. The molecular formula is C22H29IN4O3. The average molecular weight is 524 g/mol. The molecule has 8 heteroatoms. The topological polar surface area (TPSA) is 95.0 Å². The predicted octanol–water partition coefficient (Wildman–Crippen LogP) is 3.59. The summed E-state index contributed by atoms with van der Waals surface area (Å²) in [5.41, 5.74) is 2.95. The average Bonchev–Trinajstić information content (AvgIpc) is 2.72. The third-order valence-corrected chi connectivity index (χ3v) is 4.71.